The van der Waals surface area contributed by atoms with Crippen LogP contribution in [0.2, 0.25) is 0 Å². The second kappa shape index (κ2) is 40.1. The number of unbranched alkanes of at least 4 members (excludes halogenated alkanes) is 7. The van der Waals surface area contributed by atoms with Crippen molar-refractivity contribution in [3.63, 3.8) is 0 Å². The fourth-order valence-corrected chi connectivity index (χ4v) is 5.59. The second-order valence-corrected chi connectivity index (χ2v) is 14.7. The largest absolute Gasteiger partial charge is 0.472 e. The standard InChI is InChI=1S/C45H73O10P/c1-3-5-7-9-11-13-15-17-19-20-21-22-23-25-26-28-30-32-34-36-44(48)52-40-43(41-54-56(50,51)53-39-42(47)38-46)55-45(49)37-35-33-31-29-27-24-18-16-14-12-10-8-6-4-2/h5,7,10-13,16-19,21-22,25-26,30,32,42-43,46-47H,3-4,6,8-9,14-15,20,23-24,27-29,31,33-41H2,1-2H3,(H,50,51)/b7-5+,12-10+,13-11+,18-16+,19-17+,22-21+,26-25+,32-30+/t42-,43+/m1/s1. The van der Waals surface area contributed by atoms with Gasteiger partial charge in [0.1, 0.15) is 12.7 Å². The molecule has 56 heavy (non-hydrogen) atoms. The molecule has 3 atom stereocenters. The summed E-state index contributed by atoms with van der Waals surface area (Å²) in [5.74, 6) is -1.05. The lowest BCUT2D eigenvalue weighted by atomic mass is 10.1. The number of phosphoric acid groups is 1. The summed E-state index contributed by atoms with van der Waals surface area (Å²) in [7, 11) is -4.64. The normalized spacial score (nSPS) is 14.9. The summed E-state index contributed by atoms with van der Waals surface area (Å²) in [6.07, 6.45) is 48.1. The minimum Gasteiger partial charge on any atom is -0.462 e. The van der Waals surface area contributed by atoms with Crippen LogP contribution in [0.3, 0.4) is 0 Å². The van der Waals surface area contributed by atoms with Crippen LogP contribution in [-0.2, 0) is 32.7 Å². The Labute approximate surface area is 338 Å². The fourth-order valence-electron chi connectivity index (χ4n) is 4.80. The molecule has 0 aromatic heterocycles. The number of hydrogen-bond acceptors (Lipinski definition) is 9. The molecule has 318 valence electrons. The van der Waals surface area contributed by atoms with Crippen molar-refractivity contribution < 1.29 is 47.8 Å². The SMILES string of the molecule is CC/C=C/C/C=C/C/C=C/C/C=C/C/C=C/C/C=C/CCC(=O)OC[C@@H](COP(=O)(O)OC[C@H](O)CO)OC(=O)CCCCCCC/C=C/C/C=C/CCCC. The predicted octanol–water partition coefficient (Wildman–Crippen LogP) is 10.8. The van der Waals surface area contributed by atoms with Gasteiger partial charge in [0.25, 0.3) is 0 Å². The maximum Gasteiger partial charge on any atom is 0.472 e. The van der Waals surface area contributed by atoms with Crippen molar-refractivity contribution >= 4 is 19.8 Å². The summed E-state index contributed by atoms with van der Waals surface area (Å²) in [5, 5.41) is 18.3. The number of aliphatic hydroxyl groups excluding tert-OH is 2. The molecule has 0 saturated carbocycles. The van der Waals surface area contributed by atoms with E-state index in [1.165, 1.54) is 12.8 Å². The van der Waals surface area contributed by atoms with Crippen molar-refractivity contribution in [3.8, 4) is 0 Å². The van der Waals surface area contributed by atoms with Crippen LogP contribution in [0, 0.1) is 0 Å². The molecule has 10 nitrogen and oxygen atoms in total. The molecule has 1 unspecified atom stereocenters. The summed E-state index contributed by atoms with van der Waals surface area (Å²) in [6.45, 7) is 2.09. The Morgan fingerprint density at radius 2 is 1.02 bits per heavy atom. The van der Waals surface area contributed by atoms with Crippen LogP contribution < -0.4 is 0 Å². The van der Waals surface area contributed by atoms with Crippen LogP contribution in [0.15, 0.2) is 97.2 Å². The van der Waals surface area contributed by atoms with Gasteiger partial charge in [-0.2, -0.15) is 0 Å². The first-order chi connectivity index (χ1) is 27.2. The van der Waals surface area contributed by atoms with Gasteiger partial charge in [0.05, 0.1) is 19.8 Å². The Balaban J connectivity index is 4.49. The minimum atomic E-state index is -4.64. The van der Waals surface area contributed by atoms with Crippen molar-refractivity contribution in [2.24, 2.45) is 0 Å². The highest BCUT2D eigenvalue weighted by molar-refractivity contribution is 7.47. The molecule has 0 amide bonds. The van der Waals surface area contributed by atoms with E-state index < -0.39 is 51.8 Å². The lowest BCUT2D eigenvalue weighted by Crippen LogP contribution is -2.29. The van der Waals surface area contributed by atoms with Crippen molar-refractivity contribution in [1.29, 1.82) is 0 Å². The number of ether oxygens (including phenoxy) is 2. The van der Waals surface area contributed by atoms with Crippen molar-refractivity contribution in [1.82, 2.24) is 0 Å². The Bertz CT molecular complexity index is 1250. The van der Waals surface area contributed by atoms with Gasteiger partial charge in [0.2, 0.25) is 0 Å². The van der Waals surface area contributed by atoms with Gasteiger partial charge < -0.3 is 24.6 Å². The van der Waals surface area contributed by atoms with Crippen LogP contribution in [0.25, 0.3) is 0 Å². The molecule has 0 aliphatic heterocycles. The molecule has 0 aliphatic rings. The topological polar surface area (TPSA) is 149 Å². The van der Waals surface area contributed by atoms with Crippen molar-refractivity contribution in [2.75, 3.05) is 26.4 Å². The minimum absolute atomic E-state index is 0.107. The molecule has 0 radical (unpaired) electrons. The molecule has 0 fully saturated rings. The van der Waals surface area contributed by atoms with Gasteiger partial charge >= 0.3 is 19.8 Å². The molecule has 0 saturated heterocycles. The van der Waals surface area contributed by atoms with E-state index in [0.717, 1.165) is 83.5 Å². The van der Waals surface area contributed by atoms with E-state index >= 15 is 0 Å². The molecule has 0 bridgehead atoms. The Morgan fingerprint density at radius 1 is 0.554 bits per heavy atom. The molecule has 0 aromatic carbocycles. The zero-order valence-electron chi connectivity index (χ0n) is 34.3. The van der Waals surface area contributed by atoms with E-state index in [0.29, 0.717) is 12.8 Å². The van der Waals surface area contributed by atoms with Gasteiger partial charge in [-0.1, -0.05) is 143 Å². The third-order valence-electron chi connectivity index (χ3n) is 7.99. The number of allylic oxidation sites excluding steroid dienone is 16. The Morgan fingerprint density at radius 3 is 1.55 bits per heavy atom. The Hall–Kier alpha value is -3.11. The van der Waals surface area contributed by atoms with Gasteiger partial charge in [-0.25, -0.2) is 4.57 Å². The zero-order valence-corrected chi connectivity index (χ0v) is 35.2. The lowest BCUT2D eigenvalue weighted by Gasteiger charge is -2.20. The predicted molar refractivity (Wildman–Crippen MR) is 228 cm³/mol. The van der Waals surface area contributed by atoms with Crippen molar-refractivity contribution in [3.05, 3.63) is 97.2 Å². The zero-order chi connectivity index (χ0) is 41.2. The van der Waals surface area contributed by atoms with E-state index in [2.05, 4.69) is 103 Å². The quantitative estimate of drug-likeness (QED) is 0.0240. The molecule has 0 aliphatic carbocycles. The number of carbonyl (C=O) groups excluding carboxylic acids is 2. The summed E-state index contributed by atoms with van der Waals surface area (Å²) < 4.78 is 32.6. The summed E-state index contributed by atoms with van der Waals surface area (Å²) in [4.78, 5) is 34.9. The number of phosphoric ester groups is 1. The first-order valence-corrected chi connectivity index (χ1v) is 22.2. The van der Waals surface area contributed by atoms with Crippen LogP contribution in [0.1, 0.15) is 136 Å². The van der Waals surface area contributed by atoms with Crippen LogP contribution in [0.5, 0.6) is 0 Å². The molecular weight excluding hydrogens is 731 g/mol. The highest BCUT2D eigenvalue weighted by Crippen LogP contribution is 2.43. The molecule has 0 aromatic rings. The number of aliphatic hydroxyl groups is 2. The average Bonchev–Trinajstić information content (AvgIpc) is 3.19. The second-order valence-electron chi connectivity index (χ2n) is 13.3. The number of rotatable bonds is 37. The van der Waals surface area contributed by atoms with E-state index in [9.17, 15) is 24.2 Å². The summed E-state index contributed by atoms with van der Waals surface area (Å²) in [6, 6.07) is 0. The van der Waals surface area contributed by atoms with Crippen LogP contribution in [0.4, 0.5) is 0 Å². The molecule has 11 heteroatoms. The summed E-state index contributed by atoms with van der Waals surface area (Å²) in [5.41, 5.74) is 0. The lowest BCUT2D eigenvalue weighted by molar-refractivity contribution is -0.161. The van der Waals surface area contributed by atoms with Gasteiger partial charge in [-0.05, 0) is 77.0 Å². The monoisotopic (exact) mass is 804 g/mol. The first kappa shape index (κ1) is 52.9. The van der Waals surface area contributed by atoms with Crippen LogP contribution in [-0.4, -0.2) is 65.7 Å². The van der Waals surface area contributed by atoms with Crippen molar-refractivity contribution in [2.45, 2.75) is 148 Å². The van der Waals surface area contributed by atoms with E-state index in [1.807, 2.05) is 12.2 Å². The highest BCUT2D eigenvalue weighted by atomic mass is 31.2. The van der Waals surface area contributed by atoms with Crippen LogP contribution >= 0.6 is 7.82 Å². The van der Waals surface area contributed by atoms with Gasteiger partial charge in [0, 0.05) is 12.8 Å². The molecule has 0 rings (SSSR count). The third-order valence-corrected chi connectivity index (χ3v) is 8.94. The van der Waals surface area contributed by atoms with E-state index in [-0.39, 0.29) is 19.4 Å². The van der Waals surface area contributed by atoms with Gasteiger partial charge in [-0.15, -0.1) is 0 Å². The molecule has 3 N–H and O–H groups in total. The third kappa shape index (κ3) is 39.1. The highest BCUT2D eigenvalue weighted by Gasteiger charge is 2.27. The van der Waals surface area contributed by atoms with Gasteiger partial charge in [0.15, 0.2) is 6.10 Å². The first-order valence-electron chi connectivity index (χ1n) is 20.7. The maximum atomic E-state index is 12.6. The summed E-state index contributed by atoms with van der Waals surface area (Å²) >= 11 is 0. The van der Waals surface area contributed by atoms with Gasteiger partial charge in [-0.3, -0.25) is 18.6 Å². The molecular formula is C45H73O10P. The number of esters is 2. The van der Waals surface area contributed by atoms with E-state index in [1.54, 1.807) is 0 Å². The molecule has 0 heterocycles. The molecule has 0 spiro atoms. The van der Waals surface area contributed by atoms with E-state index in [4.69, 9.17) is 19.1 Å². The number of carbonyl (C=O) groups is 2. The average molecular weight is 805 g/mol. The Kier molecular flexibility index (Phi) is 37.9. The fraction of sp³-hybridized carbons (Fsp3) is 0.600. The maximum absolute atomic E-state index is 12.6. The number of hydrogen-bond donors (Lipinski definition) is 3. The smallest absolute Gasteiger partial charge is 0.462 e.